The molecule has 0 aromatic heterocycles. The van der Waals surface area contributed by atoms with Gasteiger partial charge in [-0.3, -0.25) is 0 Å². The fraction of sp³-hybridized carbons (Fsp3) is 0.421. The minimum absolute atomic E-state index is 0.00327. The van der Waals surface area contributed by atoms with E-state index in [9.17, 15) is 4.79 Å². The average Bonchev–Trinajstić information content (AvgIpc) is 2.97. The van der Waals surface area contributed by atoms with E-state index in [2.05, 4.69) is 6.58 Å². The largest absolute Gasteiger partial charge is 0.508 e. The standard InChI is InChI=1S/C19H22Cl2O3/c1-11(2)14-8-6-7-13(12(14)3)10-23-18(22)24-17-15(9-16(20)21)19(17,4)5/h6-9,15,17H,1,10H2,2-5H3/t15-,17-/m1/s1. The summed E-state index contributed by atoms with van der Waals surface area (Å²) >= 11 is 11.4. The third kappa shape index (κ3) is 4.14. The van der Waals surface area contributed by atoms with Gasteiger partial charge in [0.1, 0.15) is 17.2 Å². The third-order valence-corrected chi connectivity index (χ3v) is 4.84. The quantitative estimate of drug-likeness (QED) is 0.595. The lowest BCUT2D eigenvalue weighted by atomic mass is 9.98. The van der Waals surface area contributed by atoms with Gasteiger partial charge in [-0.15, -0.1) is 0 Å². The average molecular weight is 369 g/mol. The van der Waals surface area contributed by atoms with Crippen molar-refractivity contribution in [1.29, 1.82) is 0 Å². The van der Waals surface area contributed by atoms with E-state index in [1.165, 1.54) is 0 Å². The highest BCUT2D eigenvalue weighted by molar-refractivity contribution is 6.55. The highest BCUT2D eigenvalue weighted by atomic mass is 35.5. The summed E-state index contributed by atoms with van der Waals surface area (Å²) in [5.41, 5.74) is 3.84. The molecule has 3 nitrogen and oxygen atoms in total. The molecule has 0 radical (unpaired) electrons. The lowest BCUT2D eigenvalue weighted by Crippen LogP contribution is -2.12. The molecule has 0 amide bonds. The summed E-state index contributed by atoms with van der Waals surface area (Å²) < 4.78 is 10.8. The minimum Gasteiger partial charge on any atom is -0.430 e. The maximum absolute atomic E-state index is 12.0. The molecule has 0 aliphatic heterocycles. The number of hydrogen-bond donors (Lipinski definition) is 0. The topological polar surface area (TPSA) is 35.5 Å². The monoisotopic (exact) mass is 368 g/mol. The van der Waals surface area contributed by atoms with Crippen LogP contribution in [-0.2, 0) is 16.1 Å². The fourth-order valence-electron chi connectivity index (χ4n) is 2.87. The number of allylic oxidation sites excluding steroid dienone is 1. The number of carbonyl (C=O) groups excluding carboxylic acids is 1. The Morgan fingerprint density at radius 2 is 2.04 bits per heavy atom. The first-order valence-electron chi connectivity index (χ1n) is 7.75. The summed E-state index contributed by atoms with van der Waals surface area (Å²) in [6.07, 6.45) is 0.733. The van der Waals surface area contributed by atoms with Crippen LogP contribution >= 0.6 is 23.2 Å². The van der Waals surface area contributed by atoms with E-state index < -0.39 is 6.16 Å². The lowest BCUT2D eigenvalue weighted by molar-refractivity contribution is 0.0355. The maximum Gasteiger partial charge on any atom is 0.508 e. The Balaban J connectivity index is 1.94. The Kier molecular flexibility index (Phi) is 5.67. The first-order valence-corrected chi connectivity index (χ1v) is 8.50. The Bertz CT molecular complexity index is 688. The van der Waals surface area contributed by atoms with Crippen molar-refractivity contribution in [2.75, 3.05) is 0 Å². The Hall–Kier alpha value is -1.45. The first-order chi connectivity index (χ1) is 11.1. The van der Waals surface area contributed by atoms with Gasteiger partial charge >= 0.3 is 6.16 Å². The predicted octanol–water partition coefficient (Wildman–Crippen LogP) is 6.02. The van der Waals surface area contributed by atoms with E-state index in [-0.39, 0.29) is 28.5 Å². The number of benzene rings is 1. The highest BCUT2D eigenvalue weighted by Crippen LogP contribution is 2.55. The first kappa shape index (κ1) is 18.9. The van der Waals surface area contributed by atoms with Gasteiger partial charge in [0.25, 0.3) is 0 Å². The van der Waals surface area contributed by atoms with Crippen LogP contribution in [0.25, 0.3) is 5.57 Å². The third-order valence-electron chi connectivity index (χ3n) is 4.59. The summed E-state index contributed by atoms with van der Waals surface area (Å²) in [6.45, 7) is 12.0. The summed E-state index contributed by atoms with van der Waals surface area (Å²) in [5.74, 6) is 0.00327. The molecule has 5 heteroatoms. The van der Waals surface area contributed by atoms with Gasteiger partial charge in [0.05, 0.1) is 0 Å². The molecule has 2 rings (SSSR count). The zero-order chi connectivity index (χ0) is 18.1. The minimum atomic E-state index is -0.685. The van der Waals surface area contributed by atoms with Crippen LogP contribution in [0.1, 0.15) is 37.5 Å². The number of carbonyl (C=O) groups is 1. The lowest BCUT2D eigenvalue weighted by Gasteiger charge is -2.12. The highest BCUT2D eigenvalue weighted by Gasteiger charge is 2.60. The normalized spacial score (nSPS) is 20.9. The van der Waals surface area contributed by atoms with Crippen molar-refractivity contribution in [2.45, 2.75) is 40.4 Å². The molecular formula is C19H22Cl2O3. The van der Waals surface area contributed by atoms with E-state index >= 15 is 0 Å². The molecule has 0 bridgehead atoms. The van der Waals surface area contributed by atoms with E-state index in [1.54, 1.807) is 6.08 Å². The van der Waals surface area contributed by atoms with Gasteiger partial charge in [0.15, 0.2) is 0 Å². The molecule has 0 unspecified atom stereocenters. The Labute approximate surface area is 153 Å². The van der Waals surface area contributed by atoms with Crippen molar-refractivity contribution in [3.63, 3.8) is 0 Å². The molecule has 1 saturated carbocycles. The van der Waals surface area contributed by atoms with Crippen molar-refractivity contribution in [3.8, 4) is 0 Å². The molecule has 24 heavy (non-hydrogen) atoms. The summed E-state index contributed by atoms with van der Waals surface area (Å²) in [7, 11) is 0. The van der Waals surface area contributed by atoms with E-state index in [0.29, 0.717) is 0 Å². The zero-order valence-electron chi connectivity index (χ0n) is 14.4. The van der Waals surface area contributed by atoms with Gasteiger partial charge in [-0.2, -0.15) is 0 Å². The van der Waals surface area contributed by atoms with E-state index in [4.69, 9.17) is 32.7 Å². The summed E-state index contributed by atoms with van der Waals surface area (Å²) in [4.78, 5) is 12.0. The van der Waals surface area contributed by atoms with Crippen LogP contribution in [0.15, 0.2) is 35.3 Å². The number of hydrogen-bond acceptors (Lipinski definition) is 3. The molecule has 1 aromatic rings. The molecule has 130 valence electrons. The fourth-order valence-corrected chi connectivity index (χ4v) is 3.14. The molecular weight excluding hydrogens is 347 g/mol. The number of halogens is 2. The van der Waals surface area contributed by atoms with Crippen LogP contribution in [-0.4, -0.2) is 12.3 Å². The molecule has 1 aliphatic rings. The number of ether oxygens (including phenoxy) is 2. The van der Waals surface area contributed by atoms with Gasteiger partial charge in [0.2, 0.25) is 0 Å². The van der Waals surface area contributed by atoms with Crippen LogP contribution in [0.3, 0.4) is 0 Å². The summed E-state index contributed by atoms with van der Waals surface area (Å²) in [6, 6.07) is 5.85. The molecule has 0 saturated heterocycles. The molecule has 0 heterocycles. The van der Waals surface area contributed by atoms with E-state index in [0.717, 1.165) is 22.3 Å². The van der Waals surface area contributed by atoms with E-state index in [1.807, 2.05) is 45.9 Å². The molecule has 1 aliphatic carbocycles. The van der Waals surface area contributed by atoms with Crippen molar-refractivity contribution in [1.82, 2.24) is 0 Å². The van der Waals surface area contributed by atoms with Gasteiger partial charge in [-0.25, -0.2) is 4.79 Å². The summed E-state index contributed by atoms with van der Waals surface area (Å²) in [5, 5.41) is 0. The van der Waals surface area contributed by atoms with Crippen molar-refractivity contribution >= 4 is 34.9 Å². The van der Waals surface area contributed by atoms with Crippen molar-refractivity contribution in [2.24, 2.45) is 11.3 Å². The van der Waals surface area contributed by atoms with Crippen molar-refractivity contribution < 1.29 is 14.3 Å². The Morgan fingerprint density at radius 3 is 2.62 bits per heavy atom. The molecule has 0 spiro atoms. The smallest absolute Gasteiger partial charge is 0.430 e. The van der Waals surface area contributed by atoms with Gasteiger partial charge in [0, 0.05) is 11.3 Å². The van der Waals surface area contributed by atoms with Crippen LogP contribution in [0.5, 0.6) is 0 Å². The predicted molar refractivity (Wildman–Crippen MR) is 98.0 cm³/mol. The molecule has 0 N–H and O–H groups in total. The SMILES string of the molecule is C=C(C)c1cccc(COC(=O)O[C@@H]2[C@@H](C=C(Cl)Cl)C2(C)C)c1C. The molecule has 2 atom stereocenters. The second kappa shape index (κ2) is 7.20. The molecule has 1 fully saturated rings. The Morgan fingerprint density at radius 1 is 1.38 bits per heavy atom. The van der Waals surface area contributed by atoms with Crippen LogP contribution in [0.4, 0.5) is 4.79 Å². The number of rotatable bonds is 5. The zero-order valence-corrected chi connectivity index (χ0v) is 15.9. The molecule has 1 aromatic carbocycles. The maximum atomic E-state index is 12.0. The van der Waals surface area contributed by atoms with Gasteiger partial charge in [-0.1, -0.05) is 67.4 Å². The second-order valence-electron chi connectivity index (χ2n) is 6.75. The second-order valence-corrected chi connectivity index (χ2v) is 7.76. The van der Waals surface area contributed by atoms with Crippen molar-refractivity contribution in [3.05, 3.63) is 52.0 Å². The van der Waals surface area contributed by atoms with Gasteiger partial charge in [-0.05, 0) is 36.6 Å². The van der Waals surface area contributed by atoms with Crippen LogP contribution < -0.4 is 0 Å². The van der Waals surface area contributed by atoms with Crippen LogP contribution in [0, 0.1) is 18.3 Å². The van der Waals surface area contributed by atoms with Crippen LogP contribution in [0.2, 0.25) is 0 Å². The van der Waals surface area contributed by atoms with Gasteiger partial charge < -0.3 is 9.47 Å².